The van der Waals surface area contributed by atoms with E-state index in [0.717, 1.165) is 25.7 Å². The Hall–Kier alpha value is -0.440. The van der Waals surface area contributed by atoms with Crippen molar-refractivity contribution in [3.63, 3.8) is 0 Å². The van der Waals surface area contributed by atoms with Crippen LogP contribution >= 0.6 is 0 Å². The van der Waals surface area contributed by atoms with Gasteiger partial charge >= 0.3 is 0 Å². The fourth-order valence-electron chi connectivity index (χ4n) is 7.78. The molecule has 0 amide bonds. The molecular formula is C42H82O11. The summed E-state index contributed by atoms with van der Waals surface area (Å²) in [7, 11) is 0. The van der Waals surface area contributed by atoms with E-state index in [9.17, 15) is 35.7 Å². The van der Waals surface area contributed by atoms with Crippen molar-refractivity contribution < 1.29 is 54.7 Å². The second-order valence-electron chi connectivity index (χ2n) is 16.1. The number of ether oxygens (including phenoxy) is 4. The summed E-state index contributed by atoms with van der Waals surface area (Å²) in [5.74, 6) is 0.282. The summed E-state index contributed by atoms with van der Waals surface area (Å²) in [6.07, 6.45) is 18.8. The summed E-state index contributed by atoms with van der Waals surface area (Å²) < 4.78 is 23.1. The molecule has 0 aromatic carbocycles. The van der Waals surface area contributed by atoms with Crippen molar-refractivity contribution in [2.45, 2.75) is 242 Å². The van der Waals surface area contributed by atoms with Gasteiger partial charge in [-0.3, -0.25) is 0 Å². The summed E-state index contributed by atoms with van der Waals surface area (Å²) >= 11 is 0. The van der Waals surface area contributed by atoms with E-state index in [1.165, 1.54) is 141 Å². The zero-order valence-electron chi connectivity index (χ0n) is 33.6. The van der Waals surface area contributed by atoms with Gasteiger partial charge in [0.25, 0.3) is 0 Å². The van der Waals surface area contributed by atoms with E-state index < -0.39 is 74.6 Å². The van der Waals surface area contributed by atoms with Gasteiger partial charge in [0.1, 0.15) is 48.8 Å². The monoisotopic (exact) mass is 763 g/mol. The average molecular weight is 763 g/mol. The van der Waals surface area contributed by atoms with E-state index in [2.05, 4.69) is 13.8 Å². The molecule has 2 aliphatic rings. The lowest BCUT2D eigenvalue weighted by molar-refractivity contribution is -0.360. The summed E-state index contributed by atoms with van der Waals surface area (Å²) in [5, 5.41) is 72.3. The third kappa shape index (κ3) is 19.5. The zero-order valence-corrected chi connectivity index (χ0v) is 33.6. The first-order chi connectivity index (χ1) is 25.8. The van der Waals surface area contributed by atoms with Gasteiger partial charge in [-0.15, -0.1) is 0 Å². The van der Waals surface area contributed by atoms with Crippen LogP contribution in [-0.2, 0) is 18.9 Å². The zero-order chi connectivity index (χ0) is 38.7. The molecule has 0 radical (unpaired) electrons. The molecule has 0 aromatic heterocycles. The van der Waals surface area contributed by atoms with Crippen LogP contribution in [0.15, 0.2) is 0 Å². The van der Waals surface area contributed by atoms with Gasteiger partial charge in [-0.25, -0.2) is 0 Å². The van der Waals surface area contributed by atoms with Gasteiger partial charge < -0.3 is 54.7 Å². The number of hydrogen-bond acceptors (Lipinski definition) is 11. The molecule has 53 heavy (non-hydrogen) atoms. The Balaban J connectivity index is 1.81. The van der Waals surface area contributed by atoms with Crippen LogP contribution in [0.4, 0.5) is 0 Å². The van der Waals surface area contributed by atoms with Crippen LogP contribution in [0.5, 0.6) is 0 Å². The lowest BCUT2D eigenvalue weighted by atomic mass is 9.94. The molecule has 0 bridgehead atoms. The van der Waals surface area contributed by atoms with Crippen LogP contribution in [0, 0.1) is 5.92 Å². The normalized spacial score (nSPS) is 29.3. The van der Waals surface area contributed by atoms with Crippen molar-refractivity contribution in [3.8, 4) is 0 Å². The van der Waals surface area contributed by atoms with Gasteiger partial charge in [0.15, 0.2) is 12.6 Å². The number of unbranched alkanes of at least 4 members (excludes halogenated alkanes) is 22. The summed E-state index contributed by atoms with van der Waals surface area (Å²) in [6.45, 7) is 3.66. The minimum Gasteiger partial charge on any atom is -0.394 e. The van der Waals surface area contributed by atoms with Crippen molar-refractivity contribution >= 4 is 0 Å². The number of aliphatic hydroxyl groups excluding tert-OH is 7. The van der Waals surface area contributed by atoms with E-state index in [4.69, 9.17) is 18.9 Å². The minimum atomic E-state index is -1.70. The highest BCUT2D eigenvalue weighted by Crippen LogP contribution is 2.30. The maximum atomic E-state index is 11.0. The smallest absolute Gasteiger partial charge is 0.187 e. The molecule has 7 N–H and O–H groups in total. The lowest BCUT2D eigenvalue weighted by Gasteiger charge is -2.46. The van der Waals surface area contributed by atoms with Crippen molar-refractivity contribution in [1.29, 1.82) is 0 Å². The Morgan fingerprint density at radius 3 is 1.23 bits per heavy atom. The fraction of sp³-hybridized carbons (Fsp3) is 1.00. The maximum Gasteiger partial charge on any atom is 0.187 e. The van der Waals surface area contributed by atoms with E-state index in [1.54, 1.807) is 0 Å². The molecule has 2 aliphatic heterocycles. The van der Waals surface area contributed by atoms with Crippen LogP contribution in [-0.4, -0.2) is 117 Å². The Morgan fingerprint density at radius 2 is 0.811 bits per heavy atom. The van der Waals surface area contributed by atoms with Gasteiger partial charge in [0.05, 0.1) is 19.8 Å². The average Bonchev–Trinajstić information content (AvgIpc) is 3.16. The third-order valence-corrected chi connectivity index (χ3v) is 11.4. The first kappa shape index (κ1) is 48.7. The van der Waals surface area contributed by atoms with Crippen LogP contribution in [0.2, 0.25) is 0 Å². The Morgan fingerprint density at radius 1 is 0.434 bits per heavy atom. The van der Waals surface area contributed by atoms with Crippen molar-refractivity contribution in [2.24, 2.45) is 5.92 Å². The molecule has 2 saturated heterocycles. The van der Waals surface area contributed by atoms with E-state index >= 15 is 0 Å². The Labute approximate surface area is 322 Å². The lowest BCUT2D eigenvalue weighted by Crippen LogP contribution is -2.64. The number of rotatable bonds is 33. The summed E-state index contributed by atoms with van der Waals surface area (Å²) in [4.78, 5) is 0. The molecule has 316 valence electrons. The second kappa shape index (κ2) is 30.7. The topological polar surface area (TPSA) is 179 Å². The van der Waals surface area contributed by atoms with E-state index in [0.29, 0.717) is 6.61 Å². The van der Waals surface area contributed by atoms with Crippen molar-refractivity contribution in [1.82, 2.24) is 0 Å². The number of aliphatic hydroxyl groups is 7. The molecule has 0 unspecified atom stereocenters. The molecule has 0 spiro atoms. The van der Waals surface area contributed by atoms with E-state index in [-0.39, 0.29) is 5.92 Å². The highest BCUT2D eigenvalue weighted by Gasteiger charge is 2.50. The van der Waals surface area contributed by atoms with Crippen molar-refractivity contribution in [2.75, 3.05) is 19.8 Å². The maximum absolute atomic E-state index is 11.0. The minimum absolute atomic E-state index is 0.282. The standard InChI is InChI=1S/C42H82O11/c1-3-5-7-9-11-13-15-17-19-21-23-25-27-32(28-26-24-22-20-18-16-14-12-10-8-6-4-2)31-50-41-39(49)37(47)40(34(30-44)52-41)53-42-38(48)36(46)35(45)33(29-43)51-42/h32-49H,3-31H2,1-2H3/t33-,34-,35-,36+,37-,38-,39-,40-,41-,42+/m1/s1. The van der Waals surface area contributed by atoms with Crippen LogP contribution in [0.3, 0.4) is 0 Å². The van der Waals surface area contributed by atoms with Gasteiger partial charge in [0.2, 0.25) is 0 Å². The van der Waals surface area contributed by atoms with Crippen LogP contribution in [0.1, 0.15) is 181 Å². The highest BCUT2D eigenvalue weighted by atomic mass is 16.7. The largest absolute Gasteiger partial charge is 0.394 e. The van der Waals surface area contributed by atoms with Crippen molar-refractivity contribution in [3.05, 3.63) is 0 Å². The van der Waals surface area contributed by atoms with Gasteiger partial charge in [-0.05, 0) is 18.8 Å². The quantitative estimate of drug-likeness (QED) is 0.0367. The third-order valence-electron chi connectivity index (χ3n) is 11.4. The molecule has 2 fully saturated rings. The molecule has 0 aliphatic carbocycles. The highest BCUT2D eigenvalue weighted by molar-refractivity contribution is 4.94. The number of hydrogen-bond donors (Lipinski definition) is 7. The van der Waals surface area contributed by atoms with Crippen LogP contribution < -0.4 is 0 Å². The molecule has 0 saturated carbocycles. The molecule has 10 atom stereocenters. The Bertz CT molecular complexity index is 805. The van der Waals surface area contributed by atoms with Crippen LogP contribution in [0.25, 0.3) is 0 Å². The fourth-order valence-corrected chi connectivity index (χ4v) is 7.78. The molecule has 2 heterocycles. The summed E-state index contributed by atoms with van der Waals surface area (Å²) in [5.41, 5.74) is 0. The second-order valence-corrected chi connectivity index (χ2v) is 16.1. The first-order valence-corrected chi connectivity index (χ1v) is 22.0. The van der Waals surface area contributed by atoms with Gasteiger partial charge in [0, 0.05) is 0 Å². The predicted molar refractivity (Wildman–Crippen MR) is 207 cm³/mol. The van der Waals surface area contributed by atoms with E-state index in [1.807, 2.05) is 0 Å². The van der Waals surface area contributed by atoms with Gasteiger partial charge in [-0.1, -0.05) is 168 Å². The Kier molecular flexibility index (Phi) is 28.2. The van der Waals surface area contributed by atoms with Gasteiger partial charge in [-0.2, -0.15) is 0 Å². The molecule has 2 rings (SSSR count). The molecule has 0 aromatic rings. The molecular weight excluding hydrogens is 680 g/mol. The molecule has 11 nitrogen and oxygen atoms in total. The first-order valence-electron chi connectivity index (χ1n) is 22.0. The molecule has 11 heteroatoms. The predicted octanol–water partition coefficient (Wildman–Crippen LogP) is 6.43. The summed E-state index contributed by atoms with van der Waals surface area (Å²) in [6, 6.07) is 0. The SMILES string of the molecule is CCCCCCCCCCCCCCC(CCCCCCCCCCCCCC)CO[C@@H]1O[C@H](CO)[C@@H](O[C@@H]2O[C@H](CO)[C@@H](O)[C@H](O)[C@H]2O)[C@H](O)[C@H]1O.